The van der Waals surface area contributed by atoms with Crippen molar-refractivity contribution in [2.24, 2.45) is 5.73 Å². The van der Waals surface area contributed by atoms with E-state index in [1.165, 1.54) is 12.1 Å². The third-order valence-corrected chi connectivity index (χ3v) is 3.87. The molecule has 0 aromatic heterocycles. The van der Waals surface area contributed by atoms with Gasteiger partial charge in [-0.1, -0.05) is 11.6 Å². The Kier molecular flexibility index (Phi) is 3.80. The number of likely N-dealkylation sites (tertiary alicyclic amines) is 1. The summed E-state index contributed by atoms with van der Waals surface area (Å²) >= 11 is 5.86. The first-order chi connectivity index (χ1) is 8.44. The number of hydrogen-bond acceptors (Lipinski definition) is 3. The van der Waals surface area contributed by atoms with Crippen molar-refractivity contribution >= 4 is 17.3 Å². The summed E-state index contributed by atoms with van der Waals surface area (Å²) < 4.78 is 13.3. The van der Waals surface area contributed by atoms with Gasteiger partial charge in [0.2, 0.25) is 0 Å². The van der Waals surface area contributed by atoms with Crippen molar-refractivity contribution in [1.29, 1.82) is 0 Å². The van der Waals surface area contributed by atoms with E-state index in [1.54, 1.807) is 6.07 Å². The van der Waals surface area contributed by atoms with Crippen molar-refractivity contribution in [3.05, 3.63) is 29.0 Å². The van der Waals surface area contributed by atoms with Gasteiger partial charge in [0.15, 0.2) is 0 Å². The maximum absolute atomic E-state index is 13.3. The third kappa shape index (κ3) is 2.76. The standard InChI is InChI=1S/C13H19ClFN3/c1-9-6-13(7-16,8-18(9)2)17-12-4-10(14)3-11(15)5-12/h3-5,9,17H,6-8,16H2,1-2H3. The molecule has 3 nitrogen and oxygen atoms in total. The molecule has 1 aromatic carbocycles. The van der Waals surface area contributed by atoms with Crippen molar-refractivity contribution in [2.75, 3.05) is 25.5 Å². The first-order valence-corrected chi connectivity index (χ1v) is 6.46. The lowest BCUT2D eigenvalue weighted by Gasteiger charge is -2.30. The fraction of sp³-hybridized carbons (Fsp3) is 0.538. The summed E-state index contributed by atoms with van der Waals surface area (Å²) in [6, 6.07) is 4.94. The molecule has 1 aromatic rings. The van der Waals surface area contributed by atoms with Crippen molar-refractivity contribution in [1.82, 2.24) is 4.90 Å². The SMILES string of the molecule is CC1CC(CN)(Nc2cc(F)cc(Cl)c2)CN1C. The van der Waals surface area contributed by atoms with Crippen molar-refractivity contribution in [2.45, 2.75) is 24.9 Å². The molecule has 0 saturated carbocycles. The predicted molar refractivity (Wildman–Crippen MR) is 73.5 cm³/mol. The second-order valence-corrected chi connectivity index (χ2v) is 5.67. The maximum Gasteiger partial charge on any atom is 0.126 e. The summed E-state index contributed by atoms with van der Waals surface area (Å²) in [5, 5.41) is 3.75. The van der Waals surface area contributed by atoms with Gasteiger partial charge in [-0.05, 0) is 38.6 Å². The molecule has 1 fully saturated rings. The number of benzene rings is 1. The Hall–Kier alpha value is -0.840. The summed E-state index contributed by atoms with van der Waals surface area (Å²) in [7, 11) is 2.07. The van der Waals surface area contributed by atoms with E-state index in [-0.39, 0.29) is 11.4 Å². The molecule has 2 atom stereocenters. The lowest BCUT2D eigenvalue weighted by molar-refractivity contribution is 0.323. The lowest BCUT2D eigenvalue weighted by atomic mass is 9.96. The lowest BCUT2D eigenvalue weighted by Crippen LogP contribution is -2.47. The topological polar surface area (TPSA) is 41.3 Å². The Morgan fingerprint density at radius 3 is 2.78 bits per heavy atom. The highest BCUT2D eigenvalue weighted by Gasteiger charge is 2.39. The van der Waals surface area contributed by atoms with Crippen LogP contribution in [0.5, 0.6) is 0 Å². The largest absolute Gasteiger partial charge is 0.377 e. The molecule has 0 amide bonds. The van der Waals surface area contributed by atoms with Crippen LogP contribution in [0.3, 0.4) is 0 Å². The third-order valence-electron chi connectivity index (χ3n) is 3.65. The predicted octanol–water partition coefficient (Wildman–Crippen LogP) is 2.31. The Balaban J connectivity index is 2.20. The van der Waals surface area contributed by atoms with E-state index in [2.05, 4.69) is 24.2 Å². The average Bonchev–Trinajstić information content (AvgIpc) is 2.53. The van der Waals surface area contributed by atoms with Crippen LogP contribution in [-0.2, 0) is 0 Å². The Morgan fingerprint density at radius 1 is 1.56 bits per heavy atom. The Labute approximate surface area is 112 Å². The zero-order valence-electron chi connectivity index (χ0n) is 10.7. The molecule has 5 heteroatoms. The normalized spacial score (nSPS) is 28.6. The molecule has 0 aliphatic carbocycles. The van der Waals surface area contributed by atoms with Crippen LogP contribution in [-0.4, -0.2) is 36.6 Å². The van der Waals surface area contributed by atoms with Crippen LogP contribution in [0.1, 0.15) is 13.3 Å². The highest BCUT2D eigenvalue weighted by atomic mass is 35.5. The van der Waals surface area contributed by atoms with Gasteiger partial charge in [-0.25, -0.2) is 4.39 Å². The van der Waals surface area contributed by atoms with E-state index in [0.717, 1.165) is 13.0 Å². The van der Waals surface area contributed by atoms with Gasteiger partial charge in [0.25, 0.3) is 0 Å². The smallest absolute Gasteiger partial charge is 0.126 e. The molecular weight excluding hydrogens is 253 g/mol. The van der Waals surface area contributed by atoms with Gasteiger partial charge in [0, 0.05) is 29.8 Å². The number of halogens is 2. The minimum absolute atomic E-state index is 0.203. The van der Waals surface area contributed by atoms with Gasteiger partial charge in [0.1, 0.15) is 5.82 Å². The molecule has 1 aliphatic rings. The fourth-order valence-electron chi connectivity index (χ4n) is 2.64. The molecule has 1 saturated heterocycles. The van der Waals surface area contributed by atoms with Crippen molar-refractivity contribution < 1.29 is 4.39 Å². The van der Waals surface area contributed by atoms with Crippen LogP contribution >= 0.6 is 11.6 Å². The van der Waals surface area contributed by atoms with E-state index in [0.29, 0.717) is 23.3 Å². The molecule has 2 rings (SSSR count). The van der Waals surface area contributed by atoms with Crippen LogP contribution in [0.25, 0.3) is 0 Å². The fourth-order valence-corrected chi connectivity index (χ4v) is 2.86. The molecule has 1 heterocycles. The van der Waals surface area contributed by atoms with E-state index in [1.807, 2.05) is 0 Å². The van der Waals surface area contributed by atoms with Crippen LogP contribution in [0.4, 0.5) is 10.1 Å². The van der Waals surface area contributed by atoms with Crippen molar-refractivity contribution in [3.63, 3.8) is 0 Å². The maximum atomic E-state index is 13.3. The Bertz CT molecular complexity index is 408. The molecule has 0 radical (unpaired) electrons. The van der Waals surface area contributed by atoms with Crippen LogP contribution in [0, 0.1) is 5.82 Å². The summed E-state index contributed by atoms with van der Waals surface area (Å²) in [6.45, 7) is 3.52. The Morgan fingerprint density at radius 2 is 2.28 bits per heavy atom. The zero-order chi connectivity index (χ0) is 13.3. The van der Waals surface area contributed by atoms with Gasteiger partial charge in [-0.2, -0.15) is 0 Å². The summed E-state index contributed by atoms with van der Waals surface area (Å²) in [5.41, 5.74) is 6.39. The number of anilines is 1. The minimum Gasteiger partial charge on any atom is -0.377 e. The molecule has 100 valence electrons. The van der Waals surface area contributed by atoms with E-state index in [4.69, 9.17) is 17.3 Å². The van der Waals surface area contributed by atoms with E-state index >= 15 is 0 Å². The highest BCUT2D eigenvalue weighted by Crippen LogP contribution is 2.30. The van der Waals surface area contributed by atoms with Crippen molar-refractivity contribution in [3.8, 4) is 0 Å². The molecular formula is C13H19ClFN3. The molecule has 0 bridgehead atoms. The average molecular weight is 272 g/mol. The summed E-state index contributed by atoms with van der Waals surface area (Å²) in [6.07, 6.45) is 0.939. The van der Waals surface area contributed by atoms with Gasteiger partial charge >= 0.3 is 0 Å². The zero-order valence-corrected chi connectivity index (χ0v) is 11.5. The highest BCUT2D eigenvalue weighted by molar-refractivity contribution is 6.30. The number of nitrogens with one attached hydrogen (secondary N) is 1. The van der Waals surface area contributed by atoms with E-state index in [9.17, 15) is 4.39 Å². The van der Waals surface area contributed by atoms with Gasteiger partial charge in [-0.3, -0.25) is 0 Å². The molecule has 1 aliphatic heterocycles. The van der Waals surface area contributed by atoms with Gasteiger partial charge in [0.05, 0.1) is 5.54 Å². The minimum atomic E-state index is -0.337. The first kappa shape index (κ1) is 13.6. The monoisotopic (exact) mass is 271 g/mol. The second kappa shape index (κ2) is 5.03. The number of likely N-dealkylation sites (N-methyl/N-ethyl adjacent to an activating group) is 1. The van der Waals surface area contributed by atoms with Crippen LogP contribution < -0.4 is 11.1 Å². The quantitative estimate of drug-likeness (QED) is 0.886. The number of nitrogens with two attached hydrogens (primary N) is 1. The molecule has 3 N–H and O–H groups in total. The number of hydrogen-bond donors (Lipinski definition) is 2. The molecule has 0 spiro atoms. The first-order valence-electron chi connectivity index (χ1n) is 6.09. The second-order valence-electron chi connectivity index (χ2n) is 5.24. The number of nitrogens with zero attached hydrogens (tertiary/aromatic N) is 1. The number of rotatable bonds is 3. The molecule has 18 heavy (non-hydrogen) atoms. The van der Waals surface area contributed by atoms with E-state index < -0.39 is 0 Å². The van der Waals surface area contributed by atoms with Crippen LogP contribution in [0.2, 0.25) is 5.02 Å². The van der Waals surface area contributed by atoms with Gasteiger partial charge < -0.3 is 16.0 Å². The molecule has 2 unspecified atom stereocenters. The van der Waals surface area contributed by atoms with Crippen LogP contribution in [0.15, 0.2) is 18.2 Å². The summed E-state index contributed by atoms with van der Waals surface area (Å²) in [5.74, 6) is -0.337. The van der Waals surface area contributed by atoms with Gasteiger partial charge in [-0.15, -0.1) is 0 Å². The summed E-state index contributed by atoms with van der Waals surface area (Å²) in [4.78, 5) is 2.25.